The quantitative estimate of drug-likeness (QED) is 0.443. The highest BCUT2D eigenvalue weighted by molar-refractivity contribution is 6.07. The van der Waals surface area contributed by atoms with Crippen molar-refractivity contribution < 1.29 is 14.7 Å². The maximum Gasteiger partial charge on any atom is 0.160 e. The molecule has 218 valence electrons. The van der Waals surface area contributed by atoms with Gasteiger partial charge >= 0.3 is 0 Å². The largest absolute Gasteiger partial charge is 0.393 e. The van der Waals surface area contributed by atoms with Crippen molar-refractivity contribution in [1.82, 2.24) is 9.97 Å². The molecular weight excluding hydrogens is 496 g/mol. The summed E-state index contributed by atoms with van der Waals surface area (Å²) in [5.74, 6) is 1.87. The summed E-state index contributed by atoms with van der Waals surface area (Å²) < 4.78 is 0. The van der Waals surface area contributed by atoms with Crippen molar-refractivity contribution in [2.75, 3.05) is 0 Å². The second kappa shape index (κ2) is 9.06. The number of nitrogens with zero attached hydrogens (tertiary/aromatic N) is 2. The molecule has 4 fully saturated rings. The van der Waals surface area contributed by atoms with Crippen LogP contribution in [0.2, 0.25) is 0 Å². The van der Waals surface area contributed by atoms with Crippen molar-refractivity contribution in [3.8, 4) is 0 Å². The third-order valence-electron chi connectivity index (χ3n) is 13.9. The first-order valence-corrected chi connectivity index (χ1v) is 16.0. The van der Waals surface area contributed by atoms with Gasteiger partial charge in [-0.3, -0.25) is 19.6 Å². The van der Waals surface area contributed by atoms with E-state index in [0.717, 1.165) is 50.5 Å². The molecule has 1 heterocycles. The summed E-state index contributed by atoms with van der Waals surface area (Å²) in [6.45, 7) is 16.5. The lowest BCUT2D eigenvalue weighted by molar-refractivity contribution is -0.228. The molecule has 6 rings (SSSR count). The van der Waals surface area contributed by atoms with Crippen LogP contribution in [-0.4, -0.2) is 32.7 Å². The molecule has 5 aliphatic rings. The molecule has 5 heteroatoms. The molecule has 0 unspecified atom stereocenters. The molecular formula is C35H50N2O3. The summed E-state index contributed by atoms with van der Waals surface area (Å²) in [6.07, 6.45) is 13.6. The Labute approximate surface area is 241 Å². The van der Waals surface area contributed by atoms with Gasteiger partial charge < -0.3 is 5.11 Å². The van der Waals surface area contributed by atoms with Crippen molar-refractivity contribution in [3.63, 3.8) is 0 Å². The number of aliphatic hydroxyl groups excluding tert-OH is 1. The van der Waals surface area contributed by atoms with E-state index < -0.39 is 5.41 Å². The van der Waals surface area contributed by atoms with E-state index in [2.05, 4.69) is 58.4 Å². The van der Waals surface area contributed by atoms with E-state index in [1.54, 1.807) is 18.6 Å². The molecule has 0 aromatic carbocycles. The van der Waals surface area contributed by atoms with Crippen molar-refractivity contribution in [2.24, 2.45) is 50.7 Å². The number of Topliss-reactive ketones (excluding diaryl/α,β-unsaturated/α-hetero) is 2. The number of aliphatic hydroxyl groups is 1. The number of allylic oxidation sites excluding steroid dienone is 2. The lowest BCUT2D eigenvalue weighted by Crippen LogP contribution is -2.65. The molecule has 0 spiro atoms. The number of carbonyl (C=O) groups is 2. The maximum atomic E-state index is 14.3. The molecule has 0 aliphatic heterocycles. The number of fused-ring (bicyclic) bond motifs is 7. The highest BCUT2D eigenvalue weighted by Crippen LogP contribution is 2.76. The van der Waals surface area contributed by atoms with Crippen LogP contribution in [0.4, 0.5) is 0 Å². The van der Waals surface area contributed by atoms with Gasteiger partial charge in [-0.1, -0.05) is 48.5 Å². The fourth-order valence-corrected chi connectivity index (χ4v) is 11.7. The first-order valence-electron chi connectivity index (χ1n) is 16.0. The predicted molar refractivity (Wildman–Crippen MR) is 156 cm³/mol. The smallest absolute Gasteiger partial charge is 0.160 e. The van der Waals surface area contributed by atoms with Crippen LogP contribution in [0.1, 0.15) is 112 Å². The summed E-state index contributed by atoms with van der Waals surface area (Å²) in [4.78, 5) is 36.7. The summed E-state index contributed by atoms with van der Waals surface area (Å²) in [7, 11) is 0. The Morgan fingerprint density at radius 3 is 2.38 bits per heavy atom. The van der Waals surface area contributed by atoms with Gasteiger partial charge in [0.05, 0.1) is 23.6 Å². The van der Waals surface area contributed by atoms with E-state index >= 15 is 0 Å². The zero-order valence-corrected chi connectivity index (χ0v) is 25.8. The Morgan fingerprint density at radius 1 is 0.950 bits per heavy atom. The molecule has 8 atom stereocenters. The Bertz CT molecular complexity index is 1250. The standard InChI is InChI=1S/C35H50N2O3/c1-21(2)29-24(38)19-35(28(40)18-22-20-36-16-17-37-22)15-14-33(6)23(30(29)35)8-9-26-32(5)12-11-27(39)31(3,4)25(32)10-13-34(26,33)7/h16-17,20-21,23,25-27,39H,8-15,18-19H2,1-7H3/t23-,25+,26-,27+,32+,33-,34-,35+/m1/s1. The number of hydrogen-bond donors (Lipinski definition) is 1. The minimum absolute atomic E-state index is 0.0422. The van der Waals surface area contributed by atoms with Gasteiger partial charge in [0.2, 0.25) is 0 Å². The number of carbonyl (C=O) groups excluding carboxylic acids is 2. The SMILES string of the molecule is CC(C)C1=C2[C@H]3CC[C@@H]4[C@@]5(C)CC[C@H](O)C(C)(C)[C@@H]5CC[C@@]4(C)[C@]3(C)CC[C@@]2(C(=O)Cc2cnccn2)CC1=O. The lowest BCUT2D eigenvalue weighted by atomic mass is 9.33. The third-order valence-corrected chi connectivity index (χ3v) is 13.9. The Kier molecular flexibility index (Phi) is 6.40. The molecule has 0 bridgehead atoms. The van der Waals surface area contributed by atoms with Crippen LogP contribution < -0.4 is 0 Å². The van der Waals surface area contributed by atoms with Crippen LogP contribution in [0, 0.1) is 50.7 Å². The molecule has 0 saturated heterocycles. The van der Waals surface area contributed by atoms with Crippen LogP contribution in [0.15, 0.2) is 29.7 Å². The molecule has 1 aromatic rings. The van der Waals surface area contributed by atoms with Crippen LogP contribution in [0.5, 0.6) is 0 Å². The fourth-order valence-electron chi connectivity index (χ4n) is 11.7. The van der Waals surface area contributed by atoms with Gasteiger partial charge in [0.15, 0.2) is 5.78 Å². The molecule has 4 saturated carbocycles. The van der Waals surface area contributed by atoms with Crippen LogP contribution >= 0.6 is 0 Å². The van der Waals surface area contributed by atoms with Gasteiger partial charge in [-0.2, -0.15) is 0 Å². The van der Waals surface area contributed by atoms with Crippen LogP contribution in [0.25, 0.3) is 0 Å². The highest BCUT2D eigenvalue weighted by Gasteiger charge is 2.70. The molecule has 1 N–H and O–H groups in total. The molecule has 40 heavy (non-hydrogen) atoms. The summed E-state index contributed by atoms with van der Waals surface area (Å²) in [5, 5.41) is 11.0. The van der Waals surface area contributed by atoms with Gasteiger partial charge in [0, 0.05) is 25.0 Å². The lowest BCUT2D eigenvalue weighted by Gasteiger charge is -2.72. The first-order chi connectivity index (χ1) is 18.7. The fraction of sp³-hybridized carbons (Fsp3) is 0.771. The van der Waals surface area contributed by atoms with Gasteiger partial charge in [0.25, 0.3) is 0 Å². The highest BCUT2D eigenvalue weighted by atomic mass is 16.3. The van der Waals surface area contributed by atoms with Crippen LogP contribution in [0.3, 0.4) is 0 Å². The third kappa shape index (κ3) is 3.54. The Balaban J connectivity index is 1.42. The van der Waals surface area contributed by atoms with Crippen LogP contribution in [-0.2, 0) is 16.0 Å². The Morgan fingerprint density at radius 2 is 1.70 bits per heavy atom. The Hall–Kier alpha value is -1.88. The zero-order chi connectivity index (χ0) is 28.9. The average Bonchev–Trinajstić information content (AvgIpc) is 3.21. The number of aromatic nitrogens is 2. The maximum absolute atomic E-state index is 14.3. The summed E-state index contributed by atoms with van der Waals surface area (Å²) in [6, 6.07) is 0. The zero-order valence-electron chi connectivity index (χ0n) is 25.8. The minimum Gasteiger partial charge on any atom is -0.393 e. The van der Waals surface area contributed by atoms with Gasteiger partial charge in [0.1, 0.15) is 5.78 Å². The summed E-state index contributed by atoms with van der Waals surface area (Å²) >= 11 is 0. The minimum atomic E-state index is -0.681. The molecule has 5 nitrogen and oxygen atoms in total. The summed E-state index contributed by atoms with van der Waals surface area (Å²) in [5.41, 5.74) is 2.53. The van der Waals surface area contributed by atoms with E-state index in [1.165, 1.54) is 12.0 Å². The monoisotopic (exact) mass is 546 g/mol. The first kappa shape index (κ1) is 28.2. The number of rotatable bonds is 4. The van der Waals surface area contributed by atoms with Crippen molar-refractivity contribution >= 4 is 11.6 Å². The van der Waals surface area contributed by atoms with Crippen molar-refractivity contribution in [1.29, 1.82) is 0 Å². The van der Waals surface area contributed by atoms with E-state index in [9.17, 15) is 14.7 Å². The molecule has 1 aromatic heterocycles. The van der Waals surface area contributed by atoms with Gasteiger partial charge in [-0.15, -0.1) is 0 Å². The van der Waals surface area contributed by atoms with Gasteiger partial charge in [-0.05, 0) is 108 Å². The van der Waals surface area contributed by atoms with Crippen molar-refractivity contribution in [2.45, 2.75) is 119 Å². The van der Waals surface area contributed by atoms with Gasteiger partial charge in [-0.25, -0.2) is 0 Å². The predicted octanol–water partition coefficient (Wildman–Crippen LogP) is 6.93. The van der Waals surface area contributed by atoms with E-state index in [4.69, 9.17) is 0 Å². The molecule has 0 radical (unpaired) electrons. The number of ketones is 2. The second-order valence-electron chi connectivity index (χ2n) is 16.0. The number of hydrogen-bond acceptors (Lipinski definition) is 5. The van der Waals surface area contributed by atoms with E-state index in [-0.39, 0.29) is 57.6 Å². The normalized spacial score (nSPS) is 44.1. The van der Waals surface area contributed by atoms with Crippen molar-refractivity contribution in [3.05, 3.63) is 35.4 Å². The van der Waals surface area contributed by atoms with E-state index in [0.29, 0.717) is 24.0 Å². The topological polar surface area (TPSA) is 80.2 Å². The second-order valence-corrected chi connectivity index (χ2v) is 16.0. The average molecular weight is 547 g/mol. The molecule has 5 aliphatic carbocycles. The molecule has 0 amide bonds. The van der Waals surface area contributed by atoms with E-state index in [1.807, 2.05) is 0 Å².